The Bertz CT molecular complexity index is 741. The highest BCUT2D eigenvalue weighted by atomic mass is 32.2. The van der Waals surface area contributed by atoms with Crippen molar-refractivity contribution in [3.05, 3.63) is 11.6 Å². The fourth-order valence-electron chi connectivity index (χ4n) is 2.52. The van der Waals surface area contributed by atoms with Gasteiger partial charge < -0.3 is 15.2 Å². The number of rotatable bonds is 4. The summed E-state index contributed by atoms with van der Waals surface area (Å²) < 4.78 is 39.0. The molecule has 0 spiro atoms. The topological polar surface area (TPSA) is 99.2 Å². The maximum absolute atomic E-state index is 12.8. The number of nitrogens with two attached hydrogens (primary N) is 1. The molecule has 3 rings (SSSR count). The fraction of sp³-hybridized carbons (Fsp3) is 0.545. The van der Waals surface area contributed by atoms with Gasteiger partial charge in [0.1, 0.15) is 0 Å². The molecule has 0 amide bonds. The molecule has 2 unspecified atom stereocenters. The molecule has 1 fully saturated rings. The van der Waals surface area contributed by atoms with Crippen molar-refractivity contribution < 1.29 is 17.9 Å². The van der Waals surface area contributed by atoms with Gasteiger partial charge in [0.15, 0.2) is 15.8 Å². The van der Waals surface area contributed by atoms with E-state index in [0.717, 1.165) is 0 Å². The van der Waals surface area contributed by atoms with E-state index >= 15 is 0 Å². The van der Waals surface area contributed by atoms with Crippen LogP contribution in [0.1, 0.15) is 0 Å². The molecule has 1 aliphatic heterocycles. The van der Waals surface area contributed by atoms with Crippen molar-refractivity contribution in [1.82, 2.24) is 13.7 Å². The Balaban J connectivity index is 2.01. The minimum Gasteiger partial charge on any atom is -0.381 e. The highest BCUT2D eigenvalue weighted by Gasteiger charge is 2.42. The molecule has 2 aromatic heterocycles. The van der Waals surface area contributed by atoms with Crippen molar-refractivity contribution in [2.24, 2.45) is 0 Å². The van der Waals surface area contributed by atoms with Crippen LogP contribution in [-0.4, -0.2) is 61.6 Å². The molecule has 0 saturated carbocycles. The second-order valence-corrected chi connectivity index (χ2v) is 7.45. The monoisotopic (exact) mass is 332 g/mol. The number of nitrogens with zero attached hydrogens (tertiary/aromatic N) is 3. The number of thiazole rings is 1. The molecule has 21 heavy (non-hydrogen) atoms. The lowest BCUT2D eigenvalue weighted by molar-refractivity contribution is -0.00461. The quantitative estimate of drug-likeness (QED) is 0.847. The van der Waals surface area contributed by atoms with Crippen LogP contribution in [0.4, 0.5) is 5.82 Å². The molecule has 0 radical (unpaired) electrons. The van der Waals surface area contributed by atoms with Gasteiger partial charge in [0.05, 0.1) is 12.2 Å². The zero-order valence-electron chi connectivity index (χ0n) is 11.6. The lowest BCUT2D eigenvalue weighted by atomic mass is 10.3. The zero-order valence-corrected chi connectivity index (χ0v) is 13.2. The molecule has 116 valence electrons. The molecule has 1 saturated heterocycles. The van der Waals surface area contributed by atoms with Crippen molar-refractivity contribution >= 4 is 32.1 Å². The van der Waals surface area contributed by atoms with Gasteiger partial charge >= 0.3 is 0 Å². The maximum atomic E-state index is 12.8. The van der Waals surface area contributed by atoms with Gasteiger partial charge in [0, 0.05) is 38.9 Å². The van der Waals surface area contributed by atoms with Crippen LogP contribution in [0.25, 0.3) is 4.96 Å². The van der Waals surface area contributed by atoms with Gasteiger partial charge in [-0.1, -0.05) is 0 Å². The van der Waals surface area contributed by atoms with E-state index in [4.69, 9.17) is 15.2 Å². The lowest BCUT2D eigenvalue weighted by Gasteiger charge is -2.15. The Morgan fingerprint density at radius 3 is 2.52 bits per heavy atom. The fourth-order valence-corrected chi connectivity index (χ4v) is 4.94. The summed E-state index contributed by atoms with van der Waals surface area (Å²) in [6, 6.07) is 0. The first-order valence-electron chi connectivity index (χ1n) is 6.25. The second-order valence-electron chi connectivity index (χ2n) is 4.73. The summed E-state index contributed by atoms with van der Waals surface area (Å²) in [7, 11) is -0.676. The van der Waals surface area contributed by atoms with Crippen LogP contribution >= 0.6 is 11.3 Å². The summed E-state index contributed by atoms with van der Waals surface area (Å²) in [5.74, 6) is 0.0108. The van der Waals surface area contributed by atoms with E-state index in [1.807, 2.05) is 0 Å². The second kappa shape index (κ2) is 5.21. The SMILES string of the molecule is COC1CN(S(=O)(=O)c2c(N)nc3sccn23)CC1OC. The number of methoxy groups -OCH3 is 2. The Hall–Kier alpha value is -1.20. The molecule has 0 aliphatic carbocycles. The minimum absolute atomic E-state index is 0.00496. The number of fused-ring (bicyclic) bond motifs is 1. The van der Waals surface area contributed by atoms with Gasteiger partial charge in [-0.2, -0.15) is 4.31 Å². The van der Waals surface area contributed by atoms with Crippen LogP contribution in [0.5, 0.6) is 0 Å². The van der Waals surface area contributed by atoms with Gasteiger partial charge in [-0.15, -0.1) is 11.3 Å². The van der Waals surface area contributed by atoms with E-state index in [2.05, 4.69) is 4.98 Å². The molecular formula is C11H16N4O4S2. The van der Waals surface area contributed by atoms with Crippen molar-refractivity contribution in [3.63, 3.8) is 0 Å². The van der Waals surface area contributed by atoms with E-state index < -0.39 is 10.0 Å². The summed E-state index contributed by atoms with van der Waals surface area (Å²) in [6.07, 6.45) is 1.06. The minimum atomic E-state index is -3.75. The summed E-state index contributed by atoms with van der Waals surface area (Å²) in [5, 5.41) is 1.77. The van der Waals surface area contributed by atoms with E-state index in [-0.39, 0.29) is 36.1 Å². The van der Waals surface area contributed by atoms with E-state index in [1.165, 1.54) is 34.3 Å². The third-order valence-corrected chi connectivity index (χ3v) is 6.24. The van der Waals surface area contributed by atoms with Crippen LogP contribution in [0.2, 0.25) is 0 Å². The van der Waals surface area contributed by atoms with Crippen molar-refractivity contribution in [3.8, 4) is 0 Å². The van der Waals surface area contributed by atoms with Crippen LogP contribution in [0.15, 0.2) is 16.6 Å². The van der Waals surface area contributed by atoms with E-state index in [0.29, 0.717) is 4.96 Å². The van der Waals surface area contributed by atoms with Crippen molar-refractivity contribution in [2.75, 3.05) is 33.0 Å². The Kier molecular flexibility index (Phi) is 3.66. The van der Waals surface area contributed by atoms with E-state index in [9.17, 15) is 8.42 Å². The molecule has 3 heterocycles. The Morgan fingerprint density at radius 2 is 1.95 bits per heavy atom. The molecule has 2 atom stereocenters. The summed E-state index contributed by atoms with van der Waals surface area (Å²) in [5.41, 5.74) is 5.79. The summed E-state index contributed by atoms with van der Waals surface area (Å²) >= 11 is 1.33. The number of sulfonamides is 1. The normalized spacial score (nSPS) is 24.1. The standard InChI is InChI=1S/C11H16N4O4S2/c1-18-7-5-14(6-8(7)19-2)21(16,17)10-9(12)13-11-15(10)3-4-20-11/h3-4,7-8H,5-6,12H2,1-2H3. The average molecular weight is 332 g/mol. The lowest BCUT2D eigenvalue weighted by Crippen LogP contribution is -2.31. The molecule has 8 nitrogen and oxygen atoms in total. The van der Waals surface area contributed by atoms with Crippen LogP contribution in [0.3, 0.4) is 0 Å². The number of ether oxygens (including phenoxy) is 2. The zero-order chi connectivity index (χ0) is 15.2. The average Bonchev–Trinajstić information content (AvgIpc) is 3.10. The number of anilines is 1. The number of aromatic nitrogens is 2. The van der Waals surface area contributed by atoms with E-state index in [1.54, 1.807) is 11.6 Å². The molecule has 2 aromatic rings. The molecule has 0 bridgehead atoms. The van der Waals surface area contributed by atoms with Crippen LogP contribution in [0, 0.1) is 0 Å². The predicted molar refractivity (Wildman–Crippen MR) is 77.8 cm³/mol. The highest BCUT2D eigenvalue weighted by Crippen LogP contribution is 2.29. The number of hydrogen-bond donors (Lipinski definition) is 1. The third-order valence-electron chi connectivity index (χ3n) is 3.62. The van der Waals surface area contributed by atoms with Crippen LogP contribution in [-0.2, 0) is 19.5 Å². The Labute approximate surface area is 126 Å². The number of imidazole rings is 1. The molecule has 2 N–H and O–H groups in total. The van der Waals surface area contributed by atoms with Crippen molar-refractivity contribution in [2.45, 2.75) is 17.2 Å². The molecular weight excluding hydrogens is 316 g/mol. The van der Waals surface area contributed by atoms with Gasteiger partial charge in [-0.25, -0.2) is 13.4 Å². The Morgan fingerprint density at radius 1 is 1.33 bits per heavy atom. The third kappa shape index (κ3) is 2.23. The summed E-state index contributed by atoms with van der Waals surface area (Å²) in [4.78, 5) is 4.63. The molecule has 1 aliphatic rings. The number of nitrogen functional groups attached to an aromatic ring is 1. The maximum Gasteiger partial charge on any atom is 0.263 e. The van der Waals surface area contributed by atoms with Gasteiger partial charge in [-0.3, -0.25) is 4.40 Å². The smallest absolute Gasteiger partial charge is 0.263 e. The first-order chi connectivity index (χ1) is 9.98. The molecule has 0 aromatic carbocycles. The number of hydrogen-bond acceptors (Lipinski definition) is 7. The first-order valence-corrected chi connectivity index (χ1v) is 8.57. The highest BCUT2D eigenvalue weighted by molar-refractivity contribution is 7.89. The van der Waals surface area contributed by atoms with Crippen LogP contribution < -0.4 is 5.73 Å². The van der Waals surface area contributed by atoms with Gasteiger partial charge in [0.25, 0.3) is 10.0 Å². The summed E-state index contributed by atoms with van der Waals surface area (Å²) in [6.45, 7) is 0.461. The molecule has 10 heteroatoms. The predicted octanol–water partition coefficient (Wildman–Crippen LogP) is 0.0123. The largest absolute Gasteiger partial charge is 0.381 e. The van der Waals surface area contributed by atoms with Gasteiger partial charge in [-0.05, 0) is 0 Å². The van der Waals surface area contributed by atoms with Gasteiger partial charge in [0.2, 0.25) is 0 Å². The van der Waals surface area contributed by atoms with Crippen molar-refractivity contribution in [1.29, 1.82) is 0 Å². The first kappa shape index (κ1) is 14.7.